The topological polar surface area (TPSA) is 61.9 Å². The summed E-state index contributed by atoms with van der Waals surface area (Å²) in [6.07, 6.45) is 2.81. The van der Waals surface area contributed by atoms with Crippen molar-refractivity contribution in [1.82, 2.24) is 15.1 Å². The molecule has 154 valence electrons. The van der Waals surface area contributed by atoms with Gasteiger partial charge in [-0.3, -0.25) is 14.5 Å². The smallest absolute Gasteiger partial charge is 0.240 e. The fourth-order valence-corrected chi connectivity index (χ4v) is 4.17. The number of nitrogens with one attached hydrogen (secondary N) is 1. The second kappa shape index (κ2) is 9.14. The largest absolute Gasteiger partial charge is 0.489 e. The van der Waals surface area contributed by atoms with Gasteiger partial charge in [-0.25, -0.2) is 0 Å². The number of benzene rings is 1. The van der Waals surface area contributed by atoms with Gasteiger partial charge < -0.3 is 15.0 Å². The lowest BCUT2D eigenvalue weighted by atomic mass is 10.0. The number of carbonyl (C=O) groups is 2. The van der Waals surface area contributed by atoms with Crippen LogP contribution in [0.3, 0.4) is 0 Å². The van der Waals surface area contributed by atoms with Crippen molar-refractivity contribution in [1.29, 1.82) is 0 Å². The first-order valence-corrected chi connectivity index (χ1v) is 10.5. The highest BCUT2D eigenvalue weighted by Gasteiger charge is 2.38. The summed E-state index contributed by atoms with van der Waals surface area (Å²) in [5.41, 5.74) is 1.11. The van der Waals surface area contributed by atoms with Crippen LogP contribution in [-0.2, 0) is 9.59 Å². The number of hydrogen-bond acceptors (Lipinski definition) is 4. The van der Waals surface area contributed by atoms with E-state index in [1.807, 2.05) is 44.0 Å². The molecule has 6 nitrogen and oxygen atoms in total. The lowest BCUT2D eigenvalue weighted by Crippen LogP contribution is -2.48. The second-order valence-corrected chi connectivity index (χ2v) is 8.29. The summed E-state index contributed by atoms with van der Waals surface area (Å²) in [4.78, 5) is 28.6. The number of carbonyl (C=O) groups excluding carboxylic acids is 2. The number of hydrogen-bond donors (Lipinski definition) is 1. The molecular weight excluding hydrogens is 378 g/mol. The monoisotopic (exact) mass is 407 g/mol. The highest BCUT2D eigenvalue weighted by Crippen LogP contribution is 2.29. The number of ether oxygens (including phenoxy) is 1. The lowest BCUT2D eigenvalue weighted by molar-refractivity contribution is -0.137. The molecule has 0 radical (unpaired) electrons. The van der Waals surface area contributed by atoms with Crippen molar-refractivity contribution in [3.8, 4) is 5.75 Å². The van der Waals surface area contributed by atoms with Crippen LogP contribution in [0.25, 0.3) is 0 Å². The van der Waals surface area contributed by atoms with Crippen LogP contribution in [-0.4, -0.2) is 66.5 Å². The Labute approximate surface area is 172 Å². The van der Waals surface area contributed by atoms with E-state index in [-0.39, 0.29) is 30.0 Å². The summed E-state index contributed by atoms with van der Waals surface area (Å²) >= 11 is 6.23. The molecule has 2 heterocycles. The van der Waals surface area contributed by atoms with Gasteiger partial charge in [0.05, 0.1) is 11.1 Å². The molecule has 1 N–H and O–H groups in total. The standard InChI is InChI=1S/C21H30ClN3O3/c1-4-20(26)23-15-12-18(24(3)13-15)21(27)25-9-7-16(8-10-25)28-19-11-14(2)5-6-17(19)22/h5-6,11,15-16,18H,4,7-10,12-13H2,1-3H3,(H,23,26)/t15-,18+/m1/s1. The average Bonchev–Trinajstić information content (AvgIpc) is 3.04. The number of likely N-dealkylation sites (N-methyl/N-ethyl adjacent to an activating group) is 1. The maximum absolute atomic E-state index is 13.0. The van der Waals surface area contributed by atoms with E-state index in [4.69, 9.17) is 16.3 Å². The molecule has 0 saturated carbocycles. The van der Waals surface area contributed by atoms with E-state index in [1.54, 1.807) is 0 Å². The van der Waals surface area contributed by atoms with Gasteiger partial charge in [0.1, 0.15) is 11.9 Å². The third-order valence-corrected chi connectivity index (χ3v) is 5.97. The Morgan fingerprint density at radius 1 is 1.29 bits per heavy atom. The molecule has 0 unspecified atom stereocenters. The molecule has 7 heteroatoms. The van der Waals surface area contributed by atoms with E-state index < -0.39 is 0 Å². The molecule has 1 aromatic carbocycles. The minimum atomic E-state index is -0.161. The van der Waals surface area contributed by atoms with Gasteiger partial charge >= 0.3 is 0 Å². The maximum Gasteiger partial charge on any atom is 0.240 e. The van der Waals surface area contributed by atoms with E-state index in [0.717, 1.165) is 24.2 Å². The molecule has 0 bridgehead atoms. The number of halogens is 1. The summed E-state index contributed by atoms with van der Waals surface area (Å²) < 4.78 is 6.09. The van der Waals surface area contributed by atoms with Crippen LogP contribution >= 0.6 is 11.6 Å². The van der Waals surface area contributed by atoms with Crippen molar-refractivity contribution >= 4 is 23.4 Å². The van der Waals surface area contributed by atoms with Gasteiger partial charge in [-0.1, -0.05) is 24.6 Å². The SMILES string of the molecule is CCC(=O)N[C@@H]1C[C@@H](C(=O)N2CCC(Oc3cc(C)ccc3Cl)CC2)N(C)C1. The summed E-state index contributed by atoms with van der Waals surface area (Å²) in [5, 5.41) is 3.63. The van der Waals surface area contributed by atoms with E-state index in [1.165, 1.54) is 0 Å². The first-order valence-electron chi connectivity index (χ1n) is 10.1. The Kier molecular flexibility index (Phi) is 6.83. The zero-order valence-corrected chi connectivity index (χ0v) is 17.7. The zero-order chi connectivity index (χ0) is 20.3. The normalized spacial score (nSPS) is 23.6. The van der Waals surface area contributed by atoms with Crippen LogP contribution < -0.4 is 10.1 Å². The summed E-state index contributed by atoms with van der Waals surface area (Å²) in [6.45, 7) is 5.94. The first-order chi connectivity index (χ1) is 13.4. The number of aryl methyl sites for hydroxylation is 1. The molecule has 2 amide bonds. The average molecular weight is 408 g/mol. The highest BCUT2D eigenvalue weighted by atomic mass is 35.5. The van der Waals surface area contributed by atoms with Crippen molar-refractivity contribution < 1.29 is 14.3 Å². The van der Waals surface area contributed by atoms with Crippen LogP contribution in [0.5, 0.6) is 5.75 Å². The molecule has 28 heavy (non-hydrogen) atoms. The minimum Gasteiger partial charge on any atom is -0.489 e. The highest BCUT2D eigenvalue weighted by molar-refractivity contribution is 6.32. The molecule has 0 spiro atoms. The van der Waals surface area contributed by atoms with Crippen LogP contribution in [0.2, 0.25) is 5.02 Å². The summed E-state index contributed by atoms with van der Waals surface area (Å²) in [6, 6.07) is 5.67. The van der Waals surface area contributed by atoms with E-state index >= 15 is 0 Å². The quantitative estimate of drug-likeness (QED) is 0.815. The predicted octanol–water partition coefficient (Wildman–Crippen LogP) is 2.62. The summed E-state index contributed by atoms with van der Waals surface area (Å²) in [7, 11) is 1.95. The molecule has 2 fully saturated rings. The van der Waals surface area contributed by atoms with Gasteiger partial charge in [-0.2, -0.15) is 0 Å². The van der Waals surface area contributed by atoms with Crippen LogP contribution in [0.15, 0.2) is 18.2 Å². The minimum absolute atomic E-state index is 0.0410. The van der Waals surface area contributed by atoms with Gasteiger partial charge in [0, 0.05) is 44.9 Å². The van der Waals surface area contributed by atoms with Crippen LogP contribution in [0.4, 0.5) is 0 Å². The molecular formula is C21H30ClN3O3. The van der Waals surface area contributed by atoms with Gasteiger partial charge in [0.25, 0.3) is 0 Å². The number of piperidine rings is 1. The second-order valence-electron chi connectivity index (χ2n) is 7.89. The molecule has 2 aliphatic rings. The van der Waals surface area contributed by atoms with Gasteiger partial charge in [0.2, 0.25) is 11.8 Å². The van der Waals surface area contributed by atoms with Gasteiger partial charge in [0.15, 0.2) is 0 Å². The Hall–Kier alpha value is -1.79. The van der Waals surface area contributed by atoms with Crippen LogP contribution in [0, 0.1) is 6.92 Å². The van der Waals surface area contributed by atoms with Crippen molar-refractivity contribution in [2.45, 2.75) is 57.7 Å². The Balaban J connectivity index is 1.51. The number of rotatable bonds is 5. The van der Waals surface area contributed by atoms with Crippen LogP contribution in [0.1, 0.15) is 38.2 Å². The van der Waals surface area contributed by atoms with Gasteiger partial charge in [-0.05, 0) is 38.1 Å². The van der Waals surface area contributed by atoms with E-state index in [0.29, 0.717) is 37.5 Å². The number of nitrogens with zero attached hydrogens (tertiary/aromatic N) is 2. The van der Waals surface area contributed by atoms with Crippen molar-refractivity contribution in [3.63, 3.8) is 0 Å². The Morgan fingerprint density at radius 3 is 2.68 bits per heavy atom. The van der Waals surface area contributed by atoms with Crippen molar-refractivity contribution in [2.24, 2.45) is 0 Å². The number of amides is 2. The Bertz CT molecular complexity index is 719. The number of likely N-dealkylation sites (tertiary alicyclic amines) is 2. The Morgan fingerprint density at radius 2 is 2.00 bits per heavy atom. The molecule has 0 aliphatic carbocycles. The third-order valence-electron chi connectivity index (χ3n) is 5.65. The maximum atomic E-state index is 13.0. The molecule has 3 rings (SSSR count). The third kappa shape index (κ3) is 4.97. The molecule has 2 saturated heterocycles. The first kappa shape index (κ1) is 20.9. The van der Waals surface area contributed by atoms with E-state index in [2.05, 4.69) is 10.2 Å². The van der Waals surface area contributed by atoms with Crippen molar-refractivity contribution in [3.05, 3.63) is 28.8 Å². The van der Waals surface area contributed by atoms with Gasteiger partial charge in [-0.15, -0.1) is 0 Å². The van der Waals surface area contributed by atoms with Crippen molar-refractivity contribution in [2.75, 3.05) is 26.7 Å². The predicted molar refractivity (Wildman–Crippen MR) is 110 cm³/mol. The fourth-order valence-electron chi connectivity index (χ4n) is 4.01. The molecule has 0 aromatic heterocycles. The molecule has 2 aliphatic heterocycles. The summed E-state index contributed by atoms with van der Waals surface area (Å²) in [5.74, 6) is 0.915. The zero-order valence-electron chi connectivity index (χ0n) is 16.9. The lowest BCUT2D eigenvalue weighted by Gasteiger charge is -2.35. The molecule has 1 aromatic rings. The fraction of sp³-hybridized carbons (Fsp3) is 0.619. The van der Waals surface area contributed by atoms with E-state index in [9.17, 15) is 9.59 Å². The molecule has 2 atom stereocenters.